The van der Waals surface area contributed by atoms with Gasteiger partial charge in [0.15, 0.2) is 6.61 Å². The smallest absolute Gasteiger partial charge is 0.340 e. The van der Waals surface area contributed by atoms with E-state index >= 15 is 0 Å². The van der Waals surface area contributed by atoms with Gasteiger partial charge in [0.2, 0.25) is 10.0 Å². The molecule has 0 unspecified atom stereocenters. The molecule has 1 saturated heterocycles. The van der Waals surface area contributed by atoms with Gasteiger partial charge in [0, 0.05) is 25.2 Å². The molecule has 1 aliphatic heterocycles. The zero-order valence-corrected chi connectivity index (χ0v) is 19.2. The Bertz CT molecular complexity index is 1200. The number of morpholine rings is 1. The van der Waals surface area contributed by atoms with Crippen molar-refractivity contribution in [1.29, 1.82) is 0 Å². The second-order valence-corrected chi connectivity index (χ2v) is 9.46. The number of sulfonamides is 1. The van der Waals surface area contributed by atoms with Crippen molar-refractivity contribution in [3.05, 3.63) is 62.1 Å². The van der Waals surface area contributed by atoms with Crippen LogP contribution in [0.4, 0.5) is 11.4 Å². The maximum atomic E-state index is 12.8. The van der Waals surface area contributed by atoms with Crippen molar-refractivity contribution < 1.29 is 32.4 Å². The summed E-state index contributed by atoms with van der Waals surface area (Å²) in [5, 5.41) is 13.2. The van der Waals surface area contributed by atoms with Gasteiger partial charge < -0.3 is 14.8 Å². The summed E-state index contributed by atoms with van der Waals surface area (Å²) in [6.07, 6.45) is 0. The molecule has 14 heteroatoms. The predicted molar refractivity (Wildman–Crippen MR) is 118 cm³/mol. The molecular formula is C19H17Cl2N3O8S. The fraction of sp³-hybridized carbons (Fsp3) is 0.263. The number of ether oxygens (including phenoxy) is 2. The molecule has 2 aromatic carbocycles. The molecule has 0 radical (unpaired) electrons. The Balaban J connectivity index is 1.68. The average Bonchev–Trinajstić information content (AvgIpc) is 2.79. The van der Waals surface area contributed by atoms with E-state index in [1.807, 2.05) is 0 Å². The van der Waals surface area contributed by atoms with Crippen LogP contribution >= 0.6 is 23.2 Å². The summed E-state index contributed by atoms with van der Waals surface area (Å²) in [4.78, 5) is 34.5. The number of hydrogen-bond donors (Lipinski definition) is 1. The molecular weight excluding hydrogens is 501 g/mol. The number of anilines is 1. The van der Waals surface area contributed by atoms with Crippen LogP contribution in [0.2, 0.25) is 10.0 Å². The fourth-order valence-corrected chi connectivity index (χ4v) is 4.67. The van der Waals surface area contributed by atoms with Crippen molar-refractivity contribution in [3.8, 4) is 0 Å². The summed E-state index contributed by atoms with van der Waals surface area (Å²) in [6.45, 7) is 0.174. The molecule has 1 N–H and O–H groups in total. The summed E-state index contributed by atoms with van der Waals surface area (Å²) < 4.78 is 36.9. The molecule has 0 saturated carbocycles. The number of nitro groups is 1. The zero-order chi connectivity index (χ0) is 24.2. The van der Waals surface area contributed by atoms with Crippen LogP contribution in [0.25, 0.3) is 0 Å². The Kier molecular flexibility index (Phi) is 7.87. The molecule has 3 rings (SSSR count). The Hall–Kier alpha value is -2.77. The van der Waals surface area contributed by atoms with E-state index in [1.165, 1.54) is 22.5 Å². The Morgan fingerprint density at radius 1 is 1.12 bits per heavy atom. The Labute approximate surface area is 198 Å². The van der Waals surface area contributed by atoms with Crippen molar-refractivity contribution in [2.75, 3.05) is 38.2 Å². The highest BCUT2D eigenvalue weighted by molar-refractivity contribution is 7.89. The number of carbonyl (C=O) groups is 2. The fourth-order valence-electron chi connectivity index (χ4n) is 2.88. The molecule has 1 heterocycles. The highest BCUT2D eigenvalue weighted by atomic mass is 35.5. The maximum absolute atomic E-state index is 12.8. The van der Waals surface area contributed by atoms with Gasteiger partial charge in [-0.2, -0.15) is 4.31 Å². The number of nitrogens with one attached hydrogen (secondary N) is 1. The number of amides is 1. The lowest BCUT2D eigenvalue weighted by atomic mass is 10.2. The predicted octanol–water partition coefficient (Wildman–Crippen LogP) is 2.72. The second-order valence-electron chi connectivity index (χ2n) is 6.70. The van der Waals surface area contributed by atoms with Gasteiger partial charge in [-0.3, -0.25) is 14.9 Å². The molecule has 0 bridgehead atoms. The second kappa shape index (κ2) is 10.4. The molecule has 176 valence electrons. The molecule has 1 amide bonds. The third kappa shape index (κ3) is 5.97. The van der Waals surface area contributed by atoms with Crippen molar-refractivity contribution in [1.82, 2.24) is 4.31 Å². The molecule has 1 aliphatic rings. The van der Waals surface area contributed by atoms with Gasteiger partial charge in [-0.15, -0.1) is 0 Å². The highest BCUT2D eigenvalue weighted by Crippen LogP contribution is 2.27. The van der Waals surface area contributed by atoms with E-state index in [1.54, 1.807) is 0 Å². The van der Waals surface area contributed by atoms with E-state index in [0.717, 1.165) is 18.2 Å². The quantitative estimate of drug-likeness (QED) is 0.335. The number of hydrogen-bond acceptors (Lipinski definition) is 8. The van der Waals surface area contributed by atoms with Crippen LogP contribution in [-0.2, 0) is 24.3 Å². The molecule has 0 spiro atoms. The number of nitrogens with zero attached hydrogens (tertiary/aromatic N) is 2. The van der Waals surface area contributed by atoms with Crippen LogP contribution in [0.3, 0.4) is 0 Å². The monoisotopic (exact) mass is 517 g/mol. The van der Waals surface area contributed by atoms with Gasteiger partial charge in [0.1, 0.15) is 0 Å². The Morgan fingerprint density at radius 2 is 1.79 bits per heavy atom. The van der Waals surface area contributed by atoms with Gasteiger partial charge in [0.25, 0.3) is 11.6 Å². The van der Waals surface area contributed by atoms with Crippen molar-refractivity contribution >= 4 is 56.5 Å². The molecule has 33 heavy (non-hydrogen) atoms. The SMILES string of the molecule is O=C(COC(=O)c1cc([N+](=O)[O-])ccc1Cl)Nc1cc(S(=O)(=O)N2CCOCC2)ccc1Cl. The summed E-state index contributed by atoms with van der Waals surface area (Å²) in [7, 11) is -3.83. The lowest BCUT2D eigenvalue weighted by molar-refractivity contribution is -0.384. The van der Waals surface area contributed by atoms with Crippen LogP contribution in [-0.4, -0.2) is 62.4 Å². The van der Waals surface area contributed by atoms with E-state index in [-0.39, 0.29) is 58.2 Å². The average molecular weight is 518 g/mol. The summed E-state index contributed by atoms with van der Waals surface area (Å²) >= 11 is 11.9. The third-order valence-electron chi connectivity index (χ3n) is 4.53. The van der Waals surface area contributed by atoms with Crippen molar-refractivity contribution in [3.63, 3.8) is 0 Å². The van der Waals surface area contributed by atoms with Gasteiger partial charge >= 0.3 is 5.97 Å². The topological polar surface area (TPSA) is 145 Å². The summed E-state index contributed by atoms with van der Waals surface area (Å²) in [5.41, 5.74) is -0.656. The minimum atomic E-state index is -3.83. The number of carbonyl (C=O) groups excluding carboxylic acids is 2. The largest absolute Gasteiger partial charge is 0.452 e. The van der Waals surface area contributed by atoms with Crippen LogP contribution in [0.5, 0.6) is 0 Å². The molecule has 0 aromatic heterocycles. The van der Waals surface area contributed by atoms with Crippen LogP contribution in [0.1, 0.15) is 10.4 Å². The normalized spacial score (nSPS) is 14.5. The molecule has 0 atom stereocenters. The van der Waals surface area contributed by atoms with Crippen LogP contribution < -0.4 is 5.32 Å². The first-order valence-corrected chi connectivity index (χ1v) is 11.6. The van der Waals surface area contributed by atoms with Crippen LogP contribution in [0, 0.1) is 10.1 Å². The standard InChI is InChI=1S/C19H17Cl2N3O8S/c20-15-3-1-12(24(27)28)9-14(15)19(26)32-11-18(25)22-17-10-13(2-4-16(17)21)33(29,30)23-5-7-31-8-6-23/h1-4,9-10H,5-8,11H2,(H,22,25). The first kappa shape index (κ1) is 24.9. The van der Waals surface area contributed by atoms with E-state index < -0.39 is 33.4 Å². The van der Waals surface area contributed by atoms with Crippen molar-refractivity contribution in [2.24, 2.45) is 0 Å². The number of benzene rings is 2. The third-order valence-corrected chi connectivity index (χ3v) is 7.09. The number of non-ortho nitro benzene ring substituents is 1. The molecule has 11 nitrogen and oxygen atoms in total. The first-order chi connectivity index (χ1) is 15.6. The first-order valence-electron chi connectivity index (χ1n) is 9.38. The lowest BCUT2D eigenvalue weighted by Gasteiger charge is -2.26. The van der Waals surface area contributed by atoms with Crippen LogP contribution in [0.15, 0.2) is 41.3 Å². The number of esters is 1. The Morgan fingerprint density at radius 3 is 2.45 bits per heavy atom. The van der Waals surface area contributed by atoms with Gasteiger partial charge in [-0.05, 0) is 24.3 Å². The van der Waals surface area contributed by atoms with E-state index in [0.29, 0.717) is 0 Å². The van der Waals surface area contributed by atoms with Gasteiger partial charge in [-0.25, -0.2) is 13.2 Å². The molecule has 1 fully saturated rings. The summed E-state index contributed by atoms with van der Waals surface area (Å²) in [6, 6.07) is 7.04. The minimum absolute atomic E-state index is 0.000399. The highest BCUT2D eigenvalue weighted by Gasteiger charge is 2.27. The van der Waals surface area contributed by atoms with E-state index in [2.05, 4.69) is 5.32 Å². The van der Waals surface area contributed by atoms with Crippen molar-refractivity contribution in [2.45, 2.75) is 4.90 Å². The lowest BCUT2D eigenvalue weighted by Crippen LogP contribution is -2.40. The van der Waals surface area contributed by atoms with Gasteiger partial charge in [0.05, 0.1) is 44.3 Å². The number of nitro benzene ring substituents is 1. The minimum Gasteiger partial charge on any atom is -0.452 e. The maximum Gasteiger partial charge on any atom is 0.340 e. The zero-order valence-electron chi connectivity index (χ0n) is 16.8. The molecule has 0 aliphatic carbocycles. The number of rotatable bonds is 7. The van der Waals surface area contributed by atoms with E-state index in [9.17, 15) is 28.1 Å². The summed E-state index contributed by atoms with van der Waals surface area (Å²) in [5.74, 6) is -1.86. The number of halogens is 2. The molecule has 2 aromatic rings. The van der Waals surface area contributed by atoms with E-state index in [4.69, 9.17) is 32.7 Å². The van der Waals surface area contributed by atoms with Gasteiger partial charge in [-0.1, -0.05) is 23.2 Å².